The Labute approximate surface area is 127 Å². The van der Waals surface area contributed by atoms with E-state index >= 15 is 0 Å². The second kappa shape index (κ2) is 4.95. The SMILES string of the molecule is [2H]C([2H])([2H])Oc1cnc(-n2cnc(C)n2)c2[nH]cc(C(=O)C(=O)O)c12. The van der Waals surface area contributed by atoms with Gasteiger partial charge >= 0.3 is 5.97 Å². The van der Waals surface area contributed by atoms with Crippen molar-refractivity contribution in [1.82, 2.24) is 24.7 Å². The number of carbonyl (C=O) groups is 2. The van der Waals surface area contributed by atoms with Crippen LogP contribution < -0.4 is 4.74 Å². The zero-order chi connectivity index (χ0) is 18.4. The number of hydrogen-bond acceptors (Lipinski definition) is 6. The minimum absolute atomic E-state index is 0.0123. The van der Waals surface area contributed by atoms with Crippen LogP contribution in [0.2, 0.25) is 0 Å². The number of aromatic nitrogens is 5. The Morgan fingerprint density at radius 2 is 2.27 bits per heavy atom. The van der Waals surface area contributed by atoms with Crippen molar-refractivity contribution in [3.63, 3.8) is 0 Å². The minimum atomic E-state index is -2.80. The summed E-state index contributed by atoms with van der Waals surface area (Å²) in [5.41, 5.74) is -0.0570. The summed E-state index contributed by atoms with van der Waals surface area (Å²) >= 11 is 0. The molecule has 0 unspecified atom stereocenters. The Balaban J connectivity index is 2.28. The fourth-order valence-electron chi connectivity index (χ4n) is 2.10. The van der Waals surface area contributed by atoms with Gasteiger partial charge in [-0.15, -0.1) is 0 Å². The number of ketones is 1. The lowest BCUT2D eigenvalue weighted by atomic mass is 10.1. The van der Waals surface area contributed by atoms with E-state index in [1.807, 2.05) is 0 Å². The Kier molecular flexibility index (Phi) is 2.36. The molecule has 0 amide bonds. The van der Waals surface area contributed by atoms with Crippen molar-refractivity contribution in [2.45, 2.75) is 6.92 Å². The number of nitrogens with zero attached hydrogens (tertiary/aromatic N) is 4. The number of aryl methyl sites for hydroxylation is 1. The fraction of sp³-hybridized carbons (Fsp3) is 0.154. The normalized spacial score (nSPS) is 13.4. The molecule has 0 aliphatic carbocycles. The van der Waals surface area contributed by atoms with Gasteiger partial charge < -0.3 is 14.8 Å². The van der Waals surface area contributed by atoms with E-state index in [4.69, 9.17) is 14.0 Å². The number of rotatable bonds is 4. The first-order valence-corrected chi connectivity index (χ1v) is 6.03. The fourth-order valence-corrected chi connectivity index (χ4v) is 2.10. The summed E-state index contributed by atoms with van der Waals surface area (Å²) in [7, 11) is -2.80. The van der Waals surface area contributed by atoms with Crippen LogP contribution in [0.4, 0.5) is 0 Å². The number of H-pyrrole nitrogens is 1. The van der Waals surface area contributed by atoms with Crippen molar-refractivity contribution >= 4 is 22.7 Å². The lowest BCUT2D eigenvalue weighted by Gasteiger charge is -2.06. The number of pyridine rings is 1. The standard InChI is InChI=1S/C13H11N5O4/c1-6-16-5-18(17-6)12-10-9(8(22-2)4-15-12)7(3-14-10)11(19)13(20)21/h3-5,14H,1-2H3,(H,20,21)/i2D3. The van der Waals surface area contributed by atoms with E-state index in [9.17, 15) is 9.59 Å². The van der Waals surface area contributed by atoms with Gasteiger partial charge in [-0.2, -0.15) is 5.10 Å². The first kappa shape index (κ1) is 10.5. The zero-order valence-corrected chi connectivity index (χ0v) is 11.2. The van der Waals surface area contributed by atoms with Crippen LogP contribution in [0.1, 0.15) is 20.3 Å². The van der Waals surface area contributed by atoms with Crippen molar-refractivity contribution in [2.24, 2.45) is 0 Å². The van der Waals surface area contributed by atoms with Gasteiger partial charge in [0.1, 0.15) is 17.9 Å². The molecule has 0 fully saturated rings. The zero-order valence-electron chi connectivity index (χ0n) is 14.2. The molecule has 0 saturated heterocycles. The van der Waals surface area contributed by atoms with Gasteiger partial charge in [0.15, 0.2) is 5.82 Å². The summed E-state index contributed by atoms with van der Waals surface area (Å²) < 4.78 is 27.9. The molecule has 9 nitrogen and oxygen atoms in total. The summed E-state index contributed by atoms with van der Waals surface area (Å²) in [5, 5.41) is 13.0. The Bertz CT molecular complexity index is 991. The number of aromatic amines is 1. The highest BCUT2D eigenvalue weighted by atomic mass is 16.5. The molecule has 9 heteroatoms. The van der Waals surface area contributed by atoms with E-state index in [1.165, 1.54) is 11.0 Å². The summed E-state index contributed by atoms with van der Waals surface area (Å²) in [5.74, 6) is -2.48. The van der Waals surface area contributed by atoms with Gasteiger partial charge in [0.2, 0.25) is 0 Å². The summed E-state index contributed by atoms with van der Waals surface area (Å²) in [6.07, 6.45) is 3.62. The molecule has 3 heterocycles. The summed E-state index contributed by atoms with van der Waals surface area (Å²) in [4.78, 5) is 33.7. The van der Waals surface area contributed by atoms with Crippen molar-refractivity contribution < 1.29 is 23.5 Å². The number of aliphatic carboxylic acids is 1. The average molecular weight is 304 g/mol. The Morgan fingerprint density at radius 3 is 2.91 bits per heavy atom. The van der Waals surface area contributed by atoms with E-state index in [-0.39, 0.29) is 28.0 Å². The van der Waals surface area contributed by atoms with Crippen LogP contribution in [0.15, 0.2) is 18.7 Å². The van der Waals surface area contributed by atoms with Crippen LogP contribution in [-0.4, -0.2) is 48.6 Å². The predicted molar refractivity (Wildman–Crippen MR) is 74.3 cm³/mol. The largest absolute Gasteiger partial charge is 0.494 e. The molecule has 112 valence electrons. The maximum Gasteiger partial charge on any atom is 0.377 e. The van der Waals surface area contributed by atoms with Crippen molar-refractivity contribution in [3.05, 3.63) is 30.1 Å². The second-order valence-corrected chi connectivity index (χ2v) is 4.37. The maximum absolute atomic E-state index is 11.9. The molecule has 3 rings (SSSR count). The highest BCUT2D eigenvalue weighted by molar-refractivity contribution is 6.42. The lowest BCUT2D eigenvalue weighted by Crippen LogP contribution is -2.12. The molecule has 0 aliphatic heterocycles. The second-order valence-electron chi connectivity index (χ2n) is 4.37. The quantitative estimate of drug-likeness (QED) is 0.538. The smallest absolute Gasteiger partial charge is 0.377 e. The van der Waals surface area contributed by atoms with Crippen LogP contribution in [0.25, 0.3) is 16.7 Å². The molecule has 0 atom stereocenters. The van der Waals surface area contributed by atoms with Crippen molar-refractivity contribution in [3.8, 4) is 11.6 Å². The van der Waals surface area contributed by atoms with Gasteiger partial charge in [-0.1, -0.05) is 0 Å². The Hall–Kier alpha value is -3.23. The highest BCUT2D eigenvalue weighted by Gasteiger charge is 2.24. The molecule has 0 saturated carbocycles. The molecule has 22 heavy (non-hydrogen) atoms. The average Bonchev–Trinajstić information content (AvgIpc) is 3.12. The van der Waals surface area contributed by atoms with Crippen LogP contribution in [-0.2, 0) is 4.79 Å². The molecule has 0 aromatic carbocycles. The number of fused-ring (bicyclic) bond motifs is 1. The van der Waals surface area contributed by atoms with E-state index < -0.39 is 18.8 Å². The molecule has 0 spiro atoms. The summed E-state index contributed by atoms with van der Waals surface area (Å²) in [6, 6.07) is 0. The molecule has 2 N–H and O–H groups in total. The summed E-state index contributed by atoms with van der Waals surface area (Å²) in [6.45, 7) is 1.66. The predicted octanol–water partition coefficient (Wildman–Crippen LogP) is 0.728. The van der Waals surface area contributed by atoms with Crippen LogP contribution in [0, 0.1) is 6.92 Å². The number of hydrogen-bond donors (Lipinski definition) is 2. The van der Waals surface area contributed by atoms with Gasteiger partial charge in [0.05, 0.1) is 33.8 Å². The lowest BCUT2D eigenvalue weighted by molar-refractivity contribution is -0.131. The molecule has 3 aromatic rings. The highest BCUT2D eigenvalue weighted by Crippen LogP contribution is 2.31. The number of carbonyl (C=O) groups excluding carboxylic acids is 1. The van der Waals surface area contributed by atoms with E-state index in [1.54, 1.807) is 6.92 Å². The topological polar surface area (TPSA) is 123 Å². The van der Waals surface area contributed by atoms with Crippen LogP contribution in [0.5, 0.6) is 5.75 Å². The first-order valence-electron chi connectivity index (χ1n) is 7.53. The van der Waals surface area contributed by atoms with Gasteiger partial charge in [0, 0.05) is 6.20 Å². The number of nitrogens with one attached hydrogen (secondary N) is 1. The molecule has 0 aliphatic rings. The van der Waals surface area contributed by atoms with Crippen LogP contribution in [0.3, 0.4) is 0 Å². The number of carboxylic acids is 1. The molecular formula is C13H11N5O4. The number of Topliss-reactive ketones (excluding diaryl/α,β-unsaturated/α-hetero) is 1. The third-order valence-corrected chi connectivity index (χ3v) is 3.03. The van der Waals surface area contributed by atoms with Crippen LogP contribution >= 0.6 is 0 Å². The van der Waals surface area contributed by atoms with Gasteiger partial charge in [0.25, 0.3) is 5.78 Å². The molecular weight excluding hydrogens is 290 g/mol. The molecule has 0 bridgehead atoms. The van der Waals surface area contributed by atoms with Crippen molar-refractivity contribution in [1.29, 1.82) is 0 Å². The minimum Gasteiger partial charge on any atom is -0.494 e. The van der Waals surface area contributed by atoms with Gasteiger partial charge in [-0.25, -0.2) is 19.4 Å². The number of carboxylic acid groups (broad SMARTS) is 1. The number of methoxy groups -OCH3 is 1. The maximum atomic E-state index is 11.9. The van der Waals surface area contributed by atoms with E-state index in [0.717, 1.165) is 12.4 Å². The van der Waals surface area contributed by atoms with E-state index in [0.29, 0.717) is 5.82 Å². The van der Waals surface area contributed by atoms with Crippen molar-refractivity contribution in [2.75, 3.05) is 7.04 Å². The number of ether oxygens (including phenoxy) is 1. The van der Waals surface area contributed by atoms with E-state index in [2.05, 4.69) is 20.1 Å². The molecule has 0 radical (unpaired) electrons. The molecule has 3 aromatic heterocycles. The Morgan fingerprint density at radius 1 is 1.45 bits per heavy atom. The monoisotopic (exact) mass is 304 g/mol. The van der Waals surface area contributed by atoms with Gasteiger partial charge in [-0.3, -0.25) is 4.79 Å². The third-order valence-electron chi connectivity index (χ3n) is 3.03. The third kappa shape index (κ3) is 1.99. The van der Waals surface area contributed by atoms with Gasteiger partial charge in [-0.05, 0) is 6.92 Å². The first-order chi connectivity index (χ1) is 11.7.